The van der Waals surface area contributed by atoms with Gasteiger partial charge in [0.05, 0.1) is 16.8 Å². The van der Waals surface area contributed by atoms with E-state index in [9.17, 15) is 0 Å². The fourth-order valence-electron chi connectivity index (χ4n) is 13.7. The molecule has 3 heteroatoms. The molecule has 0 amide bonds. The van der Waals surface area contributed by atoms with E-state index in [1.54, 1.807) is 0 Å². The second kappa shape index (κ2) is 13.6. The smallest absolute Gasteiger partial charge is 0.182 e. The van der Waals surface area contributed by atoms with Gasteiger partial charge in [-0.2, -0.15) is 0 Å². The minimum absolute atomic E-state index is 0.216. The number of benzene rings is 10. The molecule has 1 aliphatic carbocycles. The Hall–Kier alpha value is -7.98. The molecule has 0 fully saturated rings. The molecule has 0 saturated heterocycles. The molecule has 0 unspecified atom stereocenters. The fraction of sp³-hybridized carbons (Fsp3) is 0.0909. The van der Waals surface area contributed by atoms with E-state index in [4.69, 9.17) is 4.74 Å². The largest absolute Gasteiger partial charge is 0.457 e. The predicted molar refractivity (Wildman–Crippen MR) is 287 cm³/mol. The summed E-state index contributed by atoms with van der Waals surface area (Å²) in [5.41, 5.74) is 23.2. The van der Waals surface area contributed by atoms with E-state index >= 15 is 0 Å². The van der Waals surface area contributed by atoms with Crippen molar-refractivity contribution < 1.29 is 4.74 Å². The van der Waals surface area contributed by atoms with Gasteiger partial charge in [0.15, 0.2) is 8.07 Å². The summed E-state index contributed by atoms with van der Waals surface area (Å²) in [6.45, 7) is 9.35. The number of para-hydroxylation sites is 2. The number of fused-ring (bicyclic) bond motifs is 21. The molecule has 4 aliphatic heterocycles. The molecule has 0 N–H and O–H groups in total. The van der Waals surface area contributed by atoms with Gasteiger partial charge < -0.3 is 9.64 Å². The number of hydrogen-bond donors (Lipinski definition) is 0. The summed E-state index contributed by atoms with van der Waals surface area (Å²) in [7, 11) is -2.81. The Labute approximate surface area is 404 Å². The van der Waals surface area contributed by atoms with Gasteiger partial charge in [-0.1, -0.05) is 189 Å². The van der Waals surface area contributed by atoms with Crippen molar-refractivity contribution in [3.05, 3.63) is 257 Å². The molecule has 5 aliphatic rings. The van der Waals surface area contributed by atoms with Gasteiger partial charge in [-0.05, 0) is 150 Å². The lowest BCUT2D eigenvalue weighted by molar-refractivity contribution is 0.434. The highest BCUT2D eigenvalue weighted by Gasteiger charge is 2.56. The molecule has 10 aromatic rings. The van der Waals surface area contributed by atoms with E-state index in [1.165, 1.54) is 116 Å². The highest BCUT2D eigenvalue weighted by Crippen LogP contribution is 2.65. The first-order valence-electron chi connectivity index (χ1n) is 24.4. The maximum Gasteiger partial charge on any atom is 0.182 e. The Morgan fingerprint density at radius 3 is 1.61 bits per heavy atom. The molecule has 326 valence electrons. The predicted octanol–water partition coefficient (Wildman–Crippen LogP) is 13.9. The van der Waals surface area contributed by atoms with Gasteiger partial charge in [0.25, 0.3) is 0 Å². The first-order valence-corrected chi connectivity index (χ1v) is 26.4. The van der Waals surface area contributed by atoms with Crippen LogP contribution in [0.1, 0.15) is 58.4 Å². The standard InChI is InChI=1S/C66H47NOSi/c1-40-26-30-47-48-31-27-41(2)35-63(48)69(62(47)34-40)61-25-15-9-19-46(61)49-32-29-44(37-64(49)69)67-57-33-28-43(42-16-6-5-7-17-42)36-55(57)66(52-21-11-13-23-59(52)68-60-24-14-12-22-53(60)66)56-38-50-45-18-8-10-20-51(45)65(3,4)54(50)39-58(56)67/h5-39H,1-4H3. The average molecular weight is 898 g/mol. The summed E-state index contributed by atoms with van der Waals surface area (Å²) in [5.74, 6) is 1.78. The summed E-state index contributed by atoms with van der Waals surface area (Å²) in [6.07, 6.45) is 0. The Morgan fingerprint density at radius 2 is 0.913 bits per heavy atom. The van der Waals surface area contributed by atoms with Crippen molar-refractivity contribution in [3.63, 3.8) is 0 Å². The molecule has 0 bridgehead atoms. The van der Waals surface area contributed by atoms with Crippen molar-refractivity contribution in [3.8, 4) is 56.0 Å². The van der Waals surface area contributed by atoms with Crippen LogP contribution in [0.5, 0.6) is 11.5 Å². The van der Waals surface area contributed by atoms with E-state index < -0.39 is 13.5 Å². The number of nitrogens with zero attached hydrogens (tertiary/aromatic N) is 1. The minimum Gasteiger partial charge on any atom is -0.457 e. The summed E-state index contributed by atoms with van der Waals surface area (Å²) in [5, 5.41) is 5.97. The van der Waals surface area contributed by atoms with Crippen LogP contribution in [-0.4, -0.2) is 8.07 Å². The molecule has 0 radical (unpaired) electrons. The van der Waals surface area contributed by atoms with Crippen LogP contribution in [-0.2, 0) is 10.8 Å². The summed E-state index contributed by atoms with van der Waals surface area (Å²) in [6, 6.07) is 81.3. The lowest BCUT2D eigenvalue weighted by atomic mass is 9.60. The molecule has 2 nitrogen and oxygen atoms in total. The van der Waals surface area contributed by atoms with Gasteiger partial charge in [0, 0.05) is 22.2 Å². The van der Waals surface area contributed by atoms with Crippen molar-refractivity contribution >= 4 is 45.9 Å². The Balaban J connectivity index is 1.09. The number of hydrogen-bond acceptors (Lipinski definition) is 2. The van der Waals surface area contributed by atoms with Crippen LogP contribution < -0.4 is 30.4 Å². The van der Waals surface area contributed by atoms with E-state index in [-0.39, 0.29) is 5.41 Å². The SMILES string of the molecule is Cc1ccc2c(c1)[Si]1(c3ccccc3-c3ccc(N4c5ccc(-c6ccccc6)cc5C5(c6ccccc6Oc6ccccc65)c5cc6c(cc54)C(C)(C)c4ccccc4-6)cc31)c1cc(C)ccc1-2. The van der Waals surface area contributed by atoms with Gasteiger partial charge >= 0.3 is 0 Å². The second-order valence-electron chi connectivity index (χ2n) is 20.5. The number of rotatable bonds is 2. The molecule has 4 heterocycles. The van der Waals surface area contributed by atoms with Crippen LogP contribution >= 0.6 is 0 Å². The Kier molecular flexibility index (Phi) is 7.69. The monoisotopic (exact) mass is 897 g/mol. The molecule has 0 saturated carbocycles. The Morgan fingerprint density at radius 1 is 0.362 bits per heavy atom. The van der Waals surface area contributed by atoms with Crippen LogP contribution in [0.2, 0.25) is 0 Å². The molecule has 15 rings (SSSR count). The van der Waals surface area contributed by atoms with Crippen LogP contribution in [0, 0.1) is 13.8 Å². The molecule has 10 aromatic carbocycles. The highest BCUT2D eigenvalue weighted by atomic mass is 28.3. The molecule has 2 spiro atoms. The van der Waals surface area contributed by atoms with Gasteiger partial charge in [0.1, 0.15) is 11.5 Å². The molecule has 0 aromatic heterocycles. The first-order chi connectivity index (χ1) is 33.8. The topological polar surface area (TPSA) is 12.5 Å². The van der Waals surface area contributed by atoms with E-state index in [0.29, 0.717) is 0 Å². The van der Waals surface area contributed by atoms with E-state index in [2.05, 4.69) is 245 Å². The quantitative estimate of drug-likeness (QED) is 0.160. The van der Waals surface area contributed by atoms with Crippen LogP contribution in [0.25, 0.3) is 44.5 Å². The van der Waals surface area contributed by atoms with Crippen LogP contribution in [0.3, 0.4) is 0 Å². The highest BCUT2D eigenvalue weighted by molar-refractivity contribution is 7.24. The maximum absolute atomic E-state index is 6.94. The van der Waals surface area contributed by atoms with Gasteiger partial charge in [-0.15, -0.1) is 0 Å². The van der Waals surface area contributed by atoms with Crippen molar-refractivity contribution in [1.29, 1.82) is 0 Å². The number of ether oxygens (including phenoxy) is 1. The van der Waals surface area contributed by atoms with Gasteiger partial charge in [-0.3, -0.25) is 0 Å². The zero-order chi connectivity index (χ0) is 46.0. The second-order valence-corrected chi connectivity index (χ2v) is 24.1. The van der Waals surface area contributed by atoms with Crippen molar-refractivity contribution in [1.82, 2.24) is 0 Å². The molecule has 0 atom stereocenters. The average Bonchev–Trinajstić information content (AvgIpc) is 3.93. The zero-order valence-corrected chi connectivity index (χ0v) is 40.1. The van der Waals surface area contributed by atoms with E-state index in [1.807, 2.05) is 0 Å². The lowest BCUT2D eigenvalue weighted by Gasteiger charge is -2.49. The fourth-order valence-corrected chi connectivity index (χ4v) is 19.6. The van der Waals surface area contributed by atoms with Crippen molar-refractivity contribution in [2.45, 2.75) is 38.5 Å². The van der Waals surface area contributed by atoms with E-state index in [0.717, 1.165) is 22.6 Å². The third-order valence-corrected chi connectivity index (χ3v) is 21.5. The summed E-state index contributed by atoms with van der Waals surface area (Å²) >= 11 is 0. The number of aryl methyl sites for hydroxylation is 2. The number of anilines is 3. The Bertz CT molecular complexity index is 3800. The first kappa shape index (κ1) is 39.1. The third-order valence-electron chi connectivity index (χ3n) is 16.6. The van der Waals surface area contributed by atoms with Crippen LogP contribution in [0.15, 0.2) is 212 Å². The minimum atomic E-state index is -2.81. The summed E-state index contributed by atoms with van der Waals surface area (Å²) < 4.78 is 6.94. The van der Waals surface area contributed by atoms with Gasteiger partial charge in [0.2, 0.25) is 0 Å². The molecular weight excluding hydrogens is 851 g/mol. The zero-order valence-electron chi connectivity index (χ0n) is 39.1. The summed E-state index contributed by atoms with van der Waals surface area (Å²) in [4.78, 5) is 2.64. The van der Waals surface area contributed by atoms with Crippen molar-refractivity contribution in [2.75, 3.05) is 4.90 Å². The molecular formula is C66H47NOSi. The van der Waals surface area contributed by atoms with Gasteiger partial charge in [-0.25, -0.2) is 0 Å². The molecule has 69 heavy (non-hydrogen) atoms. The maximum atomic E-state index is 6.94. The lowest BCUT2D eigenvalue weighted by Crippen LogP contribution is -2.70. The normalized spacial score (nSPS) is 15.7. The van der Waals surface area contributed by atoms with Crippen LogP contribution in [0.4, 0.5) is 17.1 Å². The van der Waals surface area contributed by atoms with Crippen molar-refractivity contribution in [2.24, 2.45) is 0 Å². The third kappa shape index (κ3) is 4.85.